The maximum Gasteiger partial charge on any atom is 0.0766 e. The van der Waals surface area contributed by atoms with E-state index in [1.807, 2.05) is 6.07 Å². The predicted molar refractivity (Wildman–Crippen MR) is 87.1 cm³/mol. The maximum atomic E-state index is 5.70. The zero-order chi connectivity index (χ0) is 14.0. The third-order valence-electron chi connectivity index (χ3n) is 4.12. The van der Waals surface area contributed by atoms with Crippen molar-refractivity contribution in [1.82, 2.24) is 0 Å². The Morgan fingerprint density at radius 3 is 2.21 bits per heavy atom. The monoisotopic (exact) mass is 276 g/mol. The predicted octanol–water partition coefficient (Wildman–Crippen LogP) is 5.20. The molecule has 1 aromatic carbocycles. The van der Waals surface area contributed by atoms with Crippen LogP contribution in [0.5, 0.6) is 0 Å². The van der Waals surface area contributed by atoms with Gasteiger partial charge in [0.1, 0.15) is 0 Å². The summed E-state index contributed by atoms with van der Waals surface area (Å²) in [4.78, 5) is 0. The Balaban J connectivity index is 2.23. The van der Waals surface area contributed by atoms with E-state index in [-0.39, 0.29) is 0 Å². The number of hydrogen-bond donors (Lipinski definition) is 0. The van der Waals surface area contributed by atoms with Gasteiger partial charge in [-0.1, -0.05) is 81.0 Å². The van der Waals surface area contributed by atoms with Gasteiger partial charge in [0.15, 0.2) is 0 Å². The van der Waals surface area contributed by atoms with Crippen LogP contribution in [0.2, 0.25) is 18.1 Å². The fraction of sp³-hybridized carbons (Fsp3) is 0.529. The van der Waals surface area contributed by atoms with E-state index in [9.17, 15) is 0 Å². The Labute approximate surface area is 119 Å². The van der Waals surface area contributed by atoms with Crippen molar-refractivity contribution >= 4 is 8.07 Å². The van der Waals surface area contributed by atoms with E-state index in [1.165, 1.54) is 23.7 Å². The van der Waals surface area contributed by atoms with E-state index in [2.05, 4.69) is 56.8 Å². The highest BCUT2D eigenvalue weighted by molar-refractivity contribution is 6.84. The zero-order valence-electron chi connectivity index (χ0n) is 12.7. The minimum atomic E-state index is -1.08. The Morgan fingerprint density at radius 1 is 1.00 bits per heavy atom. The molecular formula is C17H28OSi. The fourth-order valence-corrected chi connectivity index (χ4v) is 5.23. The van der Waals surface area contributed by atoms with Gasteiger partial charge in [-0.05, 0) is 12.0 Å². The van der Waals surface area contributed by atoms with Crippen molar-refractivity contribution in [2.45, 2.75) is 51.9 Å². The van der Waals surface area contributed by atoms with Crippen molar-refractivity contribution in [2.75, 3.05) is 6.61 Å². The summed E-state index contributed by atoms with van der Waals surface area (Å²) >= 11 is 0. The summed E-state index contributed by atoms with van der Waals surface area (Å²) in [6.45, 7) is 8.58. The molecule has 0 unspecified atom stereocenters. The van der Waals surface area contributed by atoms with Crippen LogP contribution in [0.3, 0.4) is 0 Å². The van der Waals surface area contributed by atoms with Gasteiger partial charge < -0.3 is 4.74 Å². The van der Waals surface area contributed by atoms with Crippen LogP contribution >= 0.6 is 0 Å². The largest absolute Gasteiger partial charge is 0.376 e. The quantitative estimate of drug-likeness (QED) is 0.445. The highest BCUT2D eigenvalue weighted by Gasteiger charge is 2.22. The van der Waals surface area contributed by atoms with Crippen molar-refractivity contribution in [1.29, 1.82) is 0 Å². The lowest BCUT2D eigenvalue weighted by Gasteiger charge is -2.23. The summed E-state index contributed by atoms with van der Waals surface area (Å²) in [6.07, 6.45) is 3.40. The second-order valence-electron chi connectivity index (χ2n) is 5.15. The number of hydrogen-bond acceptors (Lipinski definition) is 1. The summed E-state index contributed by atoms with van der Waals surface area (Å²) < 4.78 is 5.70. The molecule has 1 aromatic rings. The van der Waals surface area contributed by atoms with Gasteiger partial charge >= 0.3 is 0 Å². The van der Waals surface area contributed by atoms with Crippen LogP contribution in [-0.4, -0.2) is 14.7 Å². The second-order valence-corrected chi connectivity index (χ2v) is 10.3. The molecule has 0 aliphatic rings. The average Bonchev–Trinajstić information content (AvgIpc) is 2.48. The van der Waals surface area contributed by atoms with Gasteiger partial charge in [0.2, 0.25) is 0 Å². The van der Waals surface area contributed by atoms with Gasteiger partial charge in [0, 0.05) is 0 Å². The molecule has 0 atom stereocenters. The standard InChI is InChI=1S/C17H28OSi/c1-4-19(5-2,6-3)15-11-10-14-18-16-17-12-8-7-9-13-17/h7-9,11-13,15H,4-6,10,14,16H2,1-3H3/b15-11-. The molecule has 0 aromatic heterocycles. The summed E-state index contributed by atoms with van der Waals surface area (Å²) in [7, 11) is -1.08. The van der Waals surface area contributed by atoms with Gasteiger partial charge in [-0.15, -0.1) is 0 Å². The van der Waals surface area contributed by atoms with Crippen LogP contribution < -0.4 is 0 Å². The highest BCUT2D eigenvalue weighted by atomic mass is 28.3. The minimum absolute atomic E-state index is 0.729. The molecular weight excluding hydrogens is 248 g/mol. The minimum Gasteiger partial charge on any atom is -0.376 e. The number of rotatable bonds is 9. The summed E-state index contributed by atoms with van der Waals surface area (Å²) in [5.41, 5.74) is 3.80. The number of benzene rings is 1. The van der Waals surface area contributed by atoms with Gasteiger partial charge in [-0.3, -0.25) is 0 Å². The van der Waals surface area contributed by atoms with Crippen LogP contribution in [0.4, 0.5) is 0 Å². The van der Waals surface area contributed by atoms with Crippen LogP contribution in [0.15, 0.2) is 42.1 Å². The molecule has 0 radical (unpaired) electrons. The lowest BCUT2D eigenvalue weighted by molar-refractivity contribution is 0.125. The van der Waals surface area contributed by atoms with Crippen LogP contribution in [0, 0.1) is 0 Å². The maximum absolute atomic E-state index is 5.70. The molecule has 0 saturated heterocycles. The Bertz CT molecular complexity index is 347. The van der Waals surface area contributed by atoms with E-state index in [0.717, 1.165) is 19.6 Å². The van der Waals surface area contributed by atoms with E-state index in [1.54, 1.807) is 0 Å². The van der Waals surface area contributed by atoms with Crippen LogP contribution in [0.1, 0.15) is 32.8 Å². The molecule has 19 heavy (non-hydrogen) atoms. The van der Waals surface area contributed by atoms with E-state index in [4.69, 9.17) is 4.74 Å². The van der Waals surface area contributed by atoms with E-state index in [0.29, 0.717) is 0 Å². The van der Waals surface area contributed by atoms with E-state index < -0.39 is 8.07 Å². The first-order valence-corrected chi connectivity index (χ1v) is 10.3. The number of ether oxygens (including phenoxy) is 1. The summed E-state index contributed by atoms with van der Waals surface area (Å²) in [6, 6.07) is 14.5. The average molecular weight is 276 g/mol. The van der Waals surface area contributed by atoms with Gasteiger partial charge in [-0.25, -0.2) is 0 Å². The Morgan fingerprint density at radius 2 is 1.63 bits per heavy atom. The van der Waals surface area contributed by atoms with Crippen molar-refractivity contribution in [2.24, 2.45) is 0 Å². The first-order valence-electron chi connectivity index (χ1n) is 7.55. The van der Waals surface area contributed by atoms with Gasteiger partial charge in [0.25, 0.3) is 0 Å². The molecule has 0 bridgehead atoms. The van der Waals surface area contributed by atoms with Gasteiger partial charge in [-0.2, -0.15) is 0 Å². The molecule has 2 heteroatoms. The molecule has 0 amide bonds. The second kappa shape index (κ2) is 9.11. The fourth-order valence-electron chi connectivity index (χ4n) is 2.35. The molecule has 0 fully saturated rings. The molecule has 1 nitrogen and oxygen atoms in total. The van der Waals surface area contributed by atoms with Crippen LogP contribution in [0.25, 0.3) is 0 Å². The molecule has 0 aliphatic carbocycles. The molecule has 0 saturated carbocycles. The topological polar surface area (TPSA) is 9.23 Å². The van der Waals surface area contributed by atoms with Crippen molar-refractivity contribution < 1.29 is 4.74 Å². The van der Waals surface area contributed by atoms with Crippen molar-refractivity contribution in [3.8, 4) is 0 Å². The molecule has 0 spiro atoms. The first kappa shape index (κ1) is 16.2. The first-order chi connectivity index (χ1) is 9.26. The Hall–Kier alpha value is -0.863. The Kier molecular flexibility index (Phi) is 7.76. The van der Waals surface area contributed by atoms with Crippen molar-refractivity contribution in [3.05, 3.63) is 47.7 Å². The summed E-state index contributed by atoms with van der Waals surface area (Å²) in [5.74, 6) is 0. The van der Waals surface area contributed by atoms with Crippen molar-refractivity contribution in [3.63, 3.8) is 0 Å². The molecule has 0 aliphatic heterocycles. The smallest absolute Gasteiger partial charge is 0.0766 e. The molecule has 0 N–H and O–H groups in total. The van der Waals surface area contributed by atoms with Crippen LogP contribution in [-0.2, 0) is 11.3 Å². The summed E-state index contributed by atoms with van der Waals surface area (Å²) in [5, 5.41) is 0. The molecule has 106 valence electrons. The van der Waals surface area contributed by atoms with Gasteiger partial charge in [0.05, 0.1) is 21.3 Å². The third-order valence-corrected chi connectivity index (χ3v) is 9.29. The normalized spacial score (nSPS) is 12.2. The lowest BCUT2D eigenvalue weighted by atomic mass is 10.2. The molecule has 1 rings (SSSR count). The lowest BCUT2D eigenvalue weighted by Crippen LogP contribution is -2.28. The zero-order valence-corrected chi connectivity index (χ0v) is 13.7. The third kappa shape index (κ3) is 5.75. The molecule has 0 heterocycles. The SMILES string of the molecule is CC[Si](/C=C\CCOCc1ccccc1)(CC)CC. The van der Waals surface area contributed by atoms with E-state index >= 15 is 0 Å². The highest BCUT2D eigenvalue weighted by Crippen LogP contribution is 2.21.